The van der Waals surface area contributed by atoms with Crippen LogP contribution < -0.4 is 15.4 Å². The maximum absolute atomic E-state index is 12.5. The van der Waals surface area contributed by atoms with E-state index in [0.717, 1.165) is 46.7 Å². The monoisotopic (exact) mass is 435 g/mol. The number of hydrogen-bond donors (Lipinski definition) is 1. The lowest BCUT2D eigenvalue weighted by Gasteiger charge is -2.04. The largest absolute Gasteiger partial charge is 0.493 e. The molecule has 1 aliphatic rings. The van der Waals surface area contributed by atoms with Crippen LogP contribution in [0.5, 0.6) is 5.88 Å². The Morgan fingerprint density at radius 3 is 2.77 bits per heavy atom. The second-order valence-corrected chi connectivity index (χ2v) is 8.12. The van der Waals surface area contributed by atoms with Gasteiger partial charge in [-0.1, -0.05) is 54.0 Å². The lowest BCUT2D eigenvalue weighted by atomic mass is 10.1. The average Bonchev–Trinajstić information content (AvgIpc) is 3.09. The standard InChI is InChI=1S/C19H22BrN3O2S/c1-3-5-9-21-19-23(10-6-4-2)18(25)16(26-19)15-13-11-12(20)7-8-14(13)22-17(15)24/h7-8,11,25H,3-6,9-10H2,1-2H3. The highest BCUT2D eigenvalue weighted by atomic mass is 79.9. The lowest BCUT2D eigenvalue weighted by molar-refractivity contribution is -0.112. The summed E-state index contributed by atoms with van der Waals surface area (Å²) in [6.45, 7) is 5.65. The molecule has 0 bridgehead atoms. The van der Waals surface area contributed by atoms with E-state index in [0.29, 0.717) is 22.4 Å². The molecule has 2 aromatic rings. The second-order valence-electron chi connectivity index (χ2n) is 6.23. The number of rotatable bonds is 7. The van der Waals surface area contributed by atoms with Crippen LogP contribution in [0, 0.1) is 0 Å². The number of benzene rings is 1. The lowest BCUT2D eigenvalue weighted by Crippen LogP contribution is -2.22. The Balaban J connectivity index is 2.20. The summed E-state index contributed by atoms with van der Waals surface area (Å²) in [7, 11) is 0. The summed E-state index contributed by atoms with van der Waals surface area (Å²) in [5.41, 5.74) is 0.464. The van der Waals surface area contributed by atoms with Gasteiger partial charge in [-0.25, -0.2) is 4.99 Å². The van der Waals surface area contributed by atoms with E-state index >= 15 is 0 Å². The minimum absolute atomic E-state index is 0.116. The number of fused-ring (bicyclic) bond motifs is 1. The van der Waals surface area contributed by atoms with Gasteiger partial charge in [-0.3, -0.25) is 14.4 Å². The molecule has 0 radical (unpaired) electrons. The van der Waals surface area contributed by atoms with Crippen LogP contribution in [0.15, 0.2) is 32.7 Å². The third-order valence-corrected chi connectivity index (χ3v) is 5.88. The highest BCUT2D eigenvalue weighted by molar-refractivity contribution is 9.10. The van der Waals surface area contributed by atoms with Gasteiger partial charge in [-0.2, -0.15) is 0 Å². The topological polar surface area (TPSA) is 66.9 Å². The zero-order chi connectivity index (χ0) is 18.7. The molecule has 138 valence electrons. The van der Waals surface area contributed by atoms with Gasteiger partial charge in [0.1, 0.15) is 4.88 Å². The number of nitrogens with zero attached hydrogens (tertiary/aromatic N) is 3. The number of unbranched alkanes of at least 4 members (excludes halogenated alkanes) is 2. The number of aromatic nitrogens is 1. The molecule has 1 amide bonds. The Kier molecular flexibility index (Phi) is 6.09. The molecular formula is C19H22BrN3O2S. The molecule has 0 saturated heterocycles. The van der Waals surface area contributed by atoms with Gasteiger partial charge in [0, 0.05) is 22.8 Å². The van der Waals surface area contributed by atoms with E-state index < -0.39 is 0 Å². The first kappa shape index (κ1) is 19.0. The summed E-state index contributed by atoms with van der Waals surface area (Å²) in [5.74, 6) is -0.192. The van der Waals surface area contributed by atoms with Crippen LogP contribution in [0.3, 0.4) is 0 Å². The molecule has 0 fully saturated rings. The predicted molar refractivity (Wildman–Crippen MR) is 107 cm³/mol. The van der Waals surface area contributed by atoms with Crippen molar-refractivity contribution in [3.63, 3.8) is 0 Å². The van der Waals surface area contributed by atoms with Crippen molar-refractivity contribution in [2.24, 2.45) is 9.98 Å². The minimum Gasteiger partial charge on any atom is -0.493 e. The van der Waals surface area contributed by atoms with Crippen molar-refractivity contribution in [3.05, 3.63) is 42.9 Å². The Hall–Kier alpha value is -1.73. The minimum atomic E-state index is -0.308. The Morgan fingerprint density at radius 2 is 2.04 bits per heavy atom. The van der Waals surface area contributed by atoms with Crippen LogP contribution in [0.25, 0.3) is 5.57 Å². The number of carbonyl (C=O) groups is 1. The first-order chi connectivity index (χ1) is 12.6. The third-order valence-electron chi connectivity index (χ3n) is 4.27. The molecule has 0 atom stereocenters. The zero-order valence-electron chi connectivity index (χ0n) is 15.0. The van der Waals surface area contributed by atoms with Crippen LogP contribution in [-0.2, 0) is 11.3 Å². The first-order valence-corrected chi connectivity index (χ1v) is 10.5. The number of carbonyl (C=O) groups excluding carboxylic acids is 1. The molecule has 1 N–H and O–H groups in total. The number of thiazole rings is 1. The van der Waals surface area contributed by atoms with Gasteiger partial charge in [0.25, 0.3) is 5.91 Å². The molecule has 5 nitrogen and oxygen atoms in total. The molecule has 3 rings (SSSR count). The molecule has 0 aliphatic carbocycles. The van der Waals surface area contributed by atoms with Crippen LogP contribution in [0.2, 0.25) is 0 Å². The maximum atomic E-state index is 12.5. The molecule has 0 unspecified atom stereocenters. The molecule has 2 heterocycles. The van der Waals surface area contributed by atoms with Gasteiger partial charge in [-0.15, -0.1) is 0 Å². The van der Waals surface area contributed by atoms with Crippen molar-refractivity contribution < 1.29 is 9.90 Å². The number of aromatic hydroxyl groups is 1. The van der Waals surface area contributed by atoms with Crippen LogP contribution in [0.1, 0.15) is 44.4 Å². The molecule has 1 aromatic heterocycles. The van der Waals surface area contributed by atoms with Gasteiger partial charge in [0.2, 0.25) is 5.88 Å². The highest BCUT2D eigenvalue weighted by Crippen LogP contribution is 2.28. The number of amides is 1. The highest BCUT2D eigenvalue weighted by Gasteiger charge is 2.25. The molecule has 7 heteroatoms. The van der Waals surface area contributed by atoms with Crippen molar-refractivity contribution >= 4 is 38.7 Å². The molecular weight excluding hydrogens is 414 g/mol. The Bertz CT molecular complexity index is 1020. The van der Waals surface area contributed by atoms with Crippen molar-refractivity contribution in [1.82, 2.24) is 4.57 Å². The zero-order valence-corrected chi connectivity index (χ0v) is 17.4. The SMILES string of the molecule is CCCCN=c1sc(C2=c3cc(Br)ccc3=NC2=O)c(O)n1CCCC. The smallest absolute Gasteiger partial charge is 0.279 e. The quantitative estimate of drug-likeness (QED) is 0.679. The summed E-state index contributed by atoms with van der Waals surface area (Å²) in [6, 6.07) is 5.55. The summed E-state index contributed by atoms with van der Waals surface area (Å²) >= 11 is 4.82. The summed E-state index contributed by atoms with van der Waals surface area (Å²) in [4.78, 5) is 22.6. The van der Waals surface area contributed by atoms with Gasteiger partial charge >= 0.3 is 0 Å². The predicted octanol–water partition coefficient (Wildman–Crippen LogP) is 2.88. The van der Waals surface area contributed by atoms with Crippen LogP contribution in [-0.4, -0.2) is 22.1 Å². The van der Waals surface area contributed by atoms with Crippen molar-refractivity contribution in [2.45, 2.75) is 46.1 Å². The van der Waals surface area contributed by atoms with Gasteiger partial charge < -0.3 is 5.11 Å². The fourth-order valence-electron chi connectivity index (χ4n) is 2.84. The van der Waals surface area contributed by atoms with Crippen molar-refractivity contribution in [2.75, 3.05) is 6.54 Å². The molecule has 1 aromatic carbocycles. The first-order valence-electron chi connectivity index (χ1n) is 8.93. The number of hydrogen-bond acceptors (Lipinski definition) is 4. The fourth-order valence-corrected chi connectivity index (χ4v) is 4.33. The van der Waals surface area contributed by atoms with E-state index in [-0.39, 0.29) is 11.8 Å². The Labute approximate surface area is 164 Å². The van der Waals surface area contributed by atoms with Crippen molar-refractivity contribution in [3.8, 4) is 5.88 Å². The molecule has 26 heavy (non-hydrogen) atoms. The molecule has 1 aliphatic heterocycles. The van der Waals surface area contributed by atoms with E-state index in [1.165, 1.54) is 11.3 Å². The number of halogens is 1. The van der Waals surface area contributed by atoms with Gasteiger partial charge in [0.05, 0.1) is 10.9 Å². The van der Waals surface area contributed by atoms with E-state index in [4.69, 9.17) is 0 Å². The van der Waals surface area contributed by atoms with E-state index in [1.807, 2.05) is 22.8 Å². The van der Waals surface area contributed by atoms with E-state index in [1.54, 1.807) is 0 Å². The fraction of sp³-hybridized carbons (Fsp3) is 0.421. The maximum Gasteiger partial charge on any atom is 0.279 e. The van der Waals surface area contributed by atoms with E-state index in [2.05, 4.69) is 39.8 Å². The third kappa shape index (κ3) is 3.69. The molecule has 0 saturated carbocycles. The second kappa shape index (κ2) is 8.31. The normalized spacial score (nSPS) is 14.0. The van der Waals surface area contributed by atoms with Gasteiger partial charge in [-0.05, 0) is 31.0 Å². The van der Waals surface area contributed by atoms with Crippen LogP contribution in [0.4, 0.5) is 0 Å². The average molecular weight is 436 g/mol. The van der Waals surface area contributed by atoms with Gasteiger partial charge in [0.15, 0.2) is 4.80 Å². The van der Waals surface area contributed by atoms with Crippen molar-refractivity contribution in [1.29, 1.82) is 0 Å². The summed E-state index contributed by atoms with van der Waals surface area (Å²) in [5, 5.41) is 12.3. The summed E-state index contributed by atoms with van der Waals surface area (Å²) in [6.07, 6.45) is 4.04. The summed E-state index contributed by atoms with van der Waals surface area (Å²) < 4.78 is 2.71. The molecule has 0 spiro atoms. The Morgan fingerprint density at radius 1 is 1.27 bits per heavy atom. The van der Waals surface area contributed by atoms with E-state index in [9.17, 15) is 9.90 Å². The van der Waals surface area contributed by atoms with Crippen LogP contribution >= 0.6 is 27.3 Å².